The third kappa shape index (κ3) is 2.49. The quantitative estimate of drug-likeness (QED) is 0.752. The van der Waals surface area contributed by atoms with E-state index >= 15 is 0 Å². The Labute approximate surface area is 111 Å². The number of nitrogens with zero attached hydrogens (tertiary/aromatic N) is 1. The Balaban J connectivity index is 1.62. The van der Waals surface area contributed by atoms with Crippen molar-refractivity contribution in [2.24, 2.45) is 0 Å². The van der Waals surface area contributed by atoms with E-state index < -0.39 is 0 Å². The van der Waals surface area contributed by atoms with E-state index in [2.05, 4.69) is 10.6 Å². The van der Waals surface area contributed by atoms with E-state index in [0.29, 0.717) is 6.04 Å². The second kappa shape index (κ2) is 5.09. The Hall–Kier alpha value is -0.750. The van der Waals surface area contributed by atoms with Crippen LogP contribution in [-0.2, 0) is 9.59 Å². The molecular weight excluding hydrogens is 250 g/mol. The Bertz CT molecular complexity index is 353. The molecule has 5 nitrogen and oxygen atoms in total. The van der Waals surface area contributed by atoms with Gasteiger partial charge in [-0.2, -0.15) is 0 Å². The van der Waals surface area contributed by atoms with Crippen LogP contribution in [0.25, 0.3) is 0 Å². The molecule has 1 aliphatic carbocycles. The van der Waals surface area contributed by atoms with Crippen molar-refractivity contribution in [2.75, 3.05) is 18.2 Å². The molecule has 3 fully saturated rings. The Morgan fingerprint density at radius 1 is 1.28 bits per heavy atom. The van der Waals surface area contributed by atoms with Gasteiger partial charge in [0, 0.05) is 24.2 Å². The van der Waals surface area contributed by atoms with Gasteiger partial charge in [-0.15, -0.1) is 11.8 Å². The highest BCUT2D eigenvalue weighted by molar-refractivity contribution is 7.99. The van der Waals surface area contributed by atoms with Gasteiger partial charge in [-0.1, -0.05) is 0 Å². The van der Waals surface area contributed by atoms with Crippen molar-refractivity contribution < 1.29 is 9.59 Å². The minimum Gasteiger partial charge on any atom is -0.352 e. The SMILES string of the molecule is O=C(NC1CC1)C1CCCN1C(=O)C1CSCN1. The maximum Gasteiger partial charge on any atom is 0.243 e. The van der Waals surface area contributed by atoms with Crippen LogP contribution in [0.4, 0.5) is 0 Å². The third-order valence-corrected chi connectivity index (χ3v) is 4.72. The number of amides is 2. The van der Waals surface area contributed by atoms with Crippen LogP contribution in [0.2, 0.25) is 0 Å². The third-order valence-electron chi connectivity index (χ3n) is 3.78. The molecule has 2 amide bonds. The zero-order valence-corrected chi connectivity index (χ0v) is 11.2. The van der Waals surface area contributed by atoms with Crippen LogP contribution >= 0.6 is 11.8 Å². The van der Waals surface area contributed by atoms with E-state index in [0.717, 1.165) is 43.9 Å². The highest BCUT2D eigenvalue weighted by Gasteiger charge is 2.39. The van der Waals surface area contributed by atoms with Crippen molar-refractivity contribution in [2.45, 2.75) is 43.8 Å². The predicted octanol–water partition coefficient (Wildman–Crippen LogP) is -0.0815. The van der Waals surface area contributed by atoms with Crippen molar-refractivity contribution in [3.05, 3.63) is 0 Å². The number of hydrogen-bond acceptors (Lipinski definition) is 4. The lowest BCUT2D eigenvalue weighted by atomic mass is 10.2. The highest BCUT2D eigenvalue weighted by Crippen LogP contribution is 2.24. The van der Waals surface area contributed by atoms with Gasteiger partial charge >= 0.3 is 0 Å². The average molecular weight is 269 g/mol. The first-order valence-electron chi connectivity index (χ1n) is 6.67. The number of carbonyl (C=O) groups is 2. The number of rotatable bonds is 3. The Morgan fingerprint density at radius 2 is 2.11 bits per heavy atom. The summed E-state index contributed by atoms with van der Waals surface area (Å²) in [5.41, 5.74) is 0. The molecule has 2 aliphatic heterocycles. The predicted molar refractivity (Wildman–Crippen MR) is 70.1 cm³/mol. The Kier molecular flexibility index (Phi) is 3.48. The van der Waals surface area contributed by atoms with E-state index in [1.165, 1.54) is 0 Å². The molecule has 0 aromatic carbocycles. The topological polar surface area (TPSA) is 61.4 Å². The van der Waals surface area contributed by atoms with Crippen LogP contribution in [0.3, 0.4) is 0 Å². The van der Waals surface area contributed by atoms with E-state index in [4.69, 9.17) is 0 Å². The molecule has 2 unspecified atom stereocenters. The van der Waals surface area contributed by atoms with Crippen LogP contribution < -0.4 is 10.6 Å². The molecule has 1 saturated carbocycles. The fraction of sp³-hybridized carbons (Fsp3) is 0.833. The maximum absolute atomic E-state index is 12.3. The van der Waals surface area contributed by atoms with Crippen molar-refractivity contribution in [3.8, 4) is 0 Å². The zero-order chi connectivity index (χ0) is 12.5. The highest BCUT2D eigenvalue weighted by atomic mass is 32.2. The number of likely N-dealkylation sites (tertiary alicyclic amines) is 1. The number of thioether (sulfide) groups is 1. The summed E-state index contributed by atoms with van der Waals surface area (Å²) in [7, 11) is 0. The molecule has 18 heavy (non-hydrogen) atoms. The first kappa shape index (κ1) is 12.3. The molecule has 0 aromatic rings. The lowest BCUT2D eigenvalue weighted by Gasteiger charge is -2.26. The summed E-state index contributed by atoms with van der Waals surface area (Å²) in [5, 5.41) is 6.20. The van der Waals surface area contributed by atoms with Crippen LogP contribution in [0.15, 0.2) is 0 Å². The minimum atomic E-state index is -0.231. The summed E-state index contributed by atoms with van der Waals surface area (Å²) >= 11 is 1.74. The standard InChI is InChI=1S/C12H19N3O2S/c16-11(14-8-3-4-8)10-2-1-5-15(10)12(17)9-6-18-7-13-9/h8-10,13H,1-7H2,(H,14,16). The van der Waals surface area contributed by atoms with Gasteiger partial charge in [0.05, 0.1) is 6.04 Å². The minimum absolute atomic E-state index is 0.0500. The molecule has 2 heterocycles. The van der Waals surface area contributed by atoms with Crippen LogP contribution in [-0.4, -0.2) is 53.0 Å². The molecule has 2 atom stereocenters. The summed E-state index contributed by atoms with van der Waals surface area (Å²) in [5.74, 6) is 1.82. The number of carbonyl (C=O) groups excluding carboxylic acids is 2. The van der Waals surface area contributed by atoms with Gasteiger partial charge in [0.25, 0.3) is 0 Å². The number of nitrogens with one attached hydrogen (secondary N) is 2. The summed E-state index contributed by atoms with van der Waals surface area (Å²) in [6, 6.07) is 0.0463. The lowest BCUT2D eigenvalue weighted by molar-refractivity contribution is -0.139. The van der Waals surface area contributed by atoms with Gasteiger partial charge in [-0.05, 0) is 25.7 Å². The molecule has 3 rings (SSSR count). The van der Waals surface area contributed by atoms with Crippen LogP contribution in [0, 0.1) is 0 Å². The van der Waals surface area contributed by atoms with Crippen LogP contribution in [0.5, 0.6) is 0 Å². The molecule has 6 heteroatoms. The summed E-state index contributed by atoms with van der Waals surface area (Å²) < 4.78 is 0. The van der Waals surface area contributed by atoms with E-state index in [9.17, 15) is 9.59 Å². The van der Waals surface area contributed by atoms with Gasteiger partial charge in [0.2, 0.25) is 11.8 Å². The van der Waals surface area contributed by atoms with E-state index in [1.807, 2.05) is 0 Å². The maximum atomic E-state index is 12.3. The van der Waals surface area contributed by atoms with E-state index in [-0.39, 0.29) is 23.9 Å². The van der Waals surface area contributed by atoms with Crippen molar-refractivity contribution in [3.63, 3.8) is 0 Å². The first-order chi connectivity index (χ1) is 8.75. The average Bonchev–Trinajstić information content (AvgIpc) is 2.91. The second-order valence-electron chi connectivity index (χ2n) is 5.24. The van der Waals surface area contributed by atoms with Gasteiger partial charge in [0.15, 0.2) is 0 Å². The van der Waals surface area contributed by atoms with Crippen molar-refractivity contribution >= 4 is 23.6 Å². The van der Waals surface area contributed by atoms with Crippen LogP contribution in [0.1, 0.15) is 25.7 Å². The smallest absolute Gasteiger partial charge is 0.243 e. The molecule has 2 N–H and O–H groups in total. The second-order valence-corrected chi connectivity index (χ2v) is 6.27. The normalized spacial score (nSPS) is 31.7. The molecule has 3 aliphatic rings. The molecule has 0 aromatic heterocycles. The molecule has 0 bridgehead atoms. The molecule has 100 valence electrons. The Morgan fingerprint density at radius 3 is 2.78 bits per heavy atom. The summed E-state index contributed by atoms with van der Waals surface area (Å²) in [6.07, 6.45) is 3.93. The van der Waals surface area contributed by atoms with Gasteiger partial charge in [0.1, 0.15) is 6.04 Å². The first-order valence-corrected chi connectivity index (χ1v) is 7.83. The molecule has 0 radical (unpaired) electrons. The fourth-order valence-corrected chi connectivity index (χ4v) is 3.52. The zero-order valence-electron chi connectivity index (χ0n) is 10.4. The van der Waals surface area contributed by atoms with Gasteiger partial charge in [-0.25, -0.2) is 0 Å². The molecule has 2 saturated heterocycles. The van der Waals surface area contributed by atoms with Gasteiger partial charge < -0.3 is 10.2 Å². The molecular formula is C12H19N3O2S. The summed E-state index contributed by atoms with van der Waals surface area (Å²) in [4.78, 5) is 26.2. The van der Waals surface area contributed by atoms with E-state index in [1.54, 1.807) is 16.7 Å². The number of hydrogen-bond donors (Lipinski definition) is 2. The van der Waals surface area contributed by atoms with Gasteiger partial charge in [-0.3, -0.25) is 14.9 Å². The van der Waals surface area contributed by atoms with Crippen molar-refractivity contribution in [1.29, 1.82) is 0 Å². The summed E-state index contributed by atoms with van der Waals surface area (Å²) in [6.45, 7) is 0.727. The largest absolute Gasteiger partial charge is 0.352 e. The molecule has 0 spiro atoms. The monoisotopic (exact) mass is 269 g/mol. The van der Waals surface area contributed by atoms with Crippen molar-refractivity contribution in [1.82, 2.24) is 15.5 Å². The lowest BCUT2D eigenvalue weighted by Crippen LogP contribution is -2.52. The fourth-order valence-electron chi connectivity index (χ4n) is 2.58.